The highest BCUT2D eigenvalue weighted by Gasteiger charge is 2.23. The van der Waals surface area contributed by atoms with E-state index >= 15 is 0 Å². The molecule has 100 valence electrons. The normalized spacial score (nSPS) is 11.8. The first-order valence-electron chi connectivity index (χ1n) is 5.95. The Morgan fingerprint density at radius 3 is 2.11 bits per heavy atom. The molecule has 3 nitrogen and oxygen atoms in total. The van der Waals surface area contributed by atoms with Crippen LogP contribution in [0, 0.1) is 0 Å². The van der Waals surface area contributed by atoms with Crippen LogP contribution in [0.5, 0.6) is 0 Å². The third-order valence-corrected chi connectivity index (χ3v) is 4.91. The Morgan fingerprint density at radius 1 is 1.00 bits per heavy atom. The minimum atomic E-state index is -3.13. The highest BCUT2D eigenvalue weighted by Crippen LogP contribution is 2.19. The Bertz CT molecular complexity index is 593. The molecule has 0 saturated carbocycles. The summed E-state index contributed by atoms with van der Waals surface area (Å²) < 4.78 is 17.6. The molecule has 0 fully saturated rings. The van der Waals surface area contributed by atoms with Gasteiger partial charge < -0.3 is 4.74 Å². The largest absolute Gasteiger partial charge is 0.452 e. The third kappa shape index (κ3) is 3.29. The van der Waals surface area contributed by atoms with Crippen LogP contribution in [0.15, 0.2) is 65.6 Å². The second-order valence-electron chi connectivity index (χ2n) is 4.30. The smallest absolute Gasteiger partial charge is 0.378 e. The Balaban J connectivity index is 2.06. The van der Waals surface area contributed by atoms with Gasteiger partial charge in [0.15, 0.2) is 0 Å². The molecule has 0 spiro atoms. The van der Waals surface area contributed by atoms with Crippen molar-refractivity contribution < 1.29 is 13.7 Å². The van der Waals surface area contributed by atoms with Crippen LogP contribution >= 0.6 is 0 Å². The summed E-state index contributed by atoms with van der Waals surface area (Å²) in [6, 6.07) is 18.0. The van der Waals surface area contributed by atoms with Crippen LogP contribution in [0.25, 0.3) is 0 Å². The molecular formula is C15H16O3S. The van der Waals surface area contributed by atoms with Crippen LogP contribution in [0.3, 0.4) is 0 Å². The van der Waals surface area contributed by atoms with Crippen LogP contribution in [-0.4, -0.2) is 15.8 Å². The van der Waals surface area contributed by atoms with Gasteiger partial charge in [0.2, 0.25) is 0 Å². The molecule has 0 atom stereocenters. The zero-order valence-electron chi connectivity index (χ0n) is 10.7. The molecule has 2 rings (SSSR count). The van der Waals surface area contributed by atoms with E-state index in [2.05, 4.69) is 0 Å². The maximum absolute atomic E-state index is 12.5. The van der Waals surface area contributed by atoms with Crippen molar-refractivity contribution in [1.82, 2.24) is 0 Å². The van der Waals surface area contributed by atoms with Crippen molar-refractivity contribution in [3.63, 3.8) is 0 Å². The van der Waals surface area contributed by atoms with E-state index in [1.54, 1.807) is 24.3 Å². The average Bonchev–Trinajstić information content (AvgIpc) is 2.46. The fraction of sp³-hybridized carbons (Fsp3) is 0.133. The fourth-order valence-electron chi connectivity index (χ4n) is 1.66. The van der Waals surface area contributed by atoms with E-state index in [9.17, 15) is 9.00 Å². The van der Waals surface area contributed by atoms with Gasteiger partial charge in [0.1, 0.15) is 6.61 Å². The van der Waals surface area contributed by atoms with Gasteiger partial charge in [-0.2, -0.15) is 0 Å². The van der Waals surface area contributed by atoms with Crippen LogP contribution in [-0.2, 0) is 21.3 Å². The van der Waals surface area contributed by atoms with Gasteiger partial charge in [-0.05, 0) is 17.7 Å². The van der Waals surface area contributed by atoms with Crippen molar-refractivity contribution in [1.29, 1.82) is 0 Å². The number of thiol groups is 1. The molecule has 0 saturated heterocycles. The third-order valence-electron chi connectivity index (χ3n) is 2.80. The van der Waals surface area contributed by atoms with Crippen molar-refractivity contribution in [2.45, 2.75) is 11.5 Å². The number of hydrogen-bond donors (Lipinski definition) is 1. The molecule has 0 N–H and O–H groups in total. The fourth-order valence-corrected chi connectivity index (χ4v) is 2.92. The number of carbonyl (C=O) groups is 1. The van der Waals surface area contributed by atoms with E-state index in [4.69, 9.17) is 4.74 Å². The van der Waals surface area contributed by atoms with Gasteiger partial charge in [-0.1, -0.05) is 48.5 Å². The van der Waals surface area contributed by atoms with Gasteiger partial charge in [0, 0.05) is 21.1 Å². The number of benzene rings is 2. The number of ether oxygens (including phenoxy) is 1. The number of hydrogen-bond acceptors (Lipinski definition) is 3. The monoisotopic (exact) mass is 276 g/mol. The van der Waals surface area contributed by atoms with E-state index in [0.29, 0.717) is 4.90 Å². The van der Waals surface area contributed by atoms with E-state index < -0.39 is 15.2 Å². The summed E-state index contributed by atoms with van der Waals surface area (Å²) in [5, 5.41) is -0.650. The molecule has 19 heavy (non-hydrogen) atoms. The molecule has 0 aliphatic carbocycles. The molecule has 0 heterocycles. The lowest BCUT2D eigenvalue weighted by Crippen LogP contribution is -2.23. The molecular weight excluding hydrogens is 260 g/mol. The lowest BCUT2D eigenvalue weighted by atomic mass is 10.2. The molecule has 0 radical (unpaired) electrons. The predicted molar refractivity (Wildman–Crippen MR) is 76.8 cm³/mol. The molecule has 2 aromatic carbocycles. The summed E-state index contributed by atoms with van der Waals surface area (Å²) in [6.45, 7) is 0.143. The van der Waals surface area contributed by atoms with E-state index in [0.717, 1.165) is 5.56 Å². The molecule has 0 amide bonds. The SMILES string of the molecule is C[SH](=O)(C(=O)OCc1ccccc1)c1ccccc1. The molecule has 0 aliphatic heterocycles. The number of carbonyl (C=O) groups excluding carboxylic acids is 1. The summed E-state index contributed by atoms with van der Waals surface area (Å²) in [5.41, 5.74) is 0.879. The Hall–Kier alpha value is -1.94. The second-order valence-corrected chi connectivity index (χ2v) is 7.03. The Morgan fingerprint density at radius 2 is 1.53 bits per heavy atom. The summed E-state index contributed by atoms with van der Waals surface area (Å²) in [7, 11) is -3.13. The molecule has 2 aromatic rings. The van der Waals surface area contributed by atoms with Gasteiger partial charge in [0.05, 0.1) is 0 Å². The molecule has 0 unspecified atom stereocenters. The van der Waals surface area contributed by atoms with Gasteiger partial charge in [-0.15, -0.1) is 0 Å². The minimum absolute atomic E-state index is 0.143. The lowest BCUT2D eigenvalue weighted by Gasteiger charge is -2.17. The maximum Gasteiger partial charge on any atom is 0.378 e. The van der Waals surface area contributed by atoms with Gasteiger partial charge >= 0.3 is 5.30 Å². The summed E-state index contributed by atoms with van der Waals surface area (Å²) in [5.74, 6) is 0. The minimum Gasteiger partial charge on any atom is -0.452 e. The first-order chi connectivity index (χ1) is 9.10. The first-order valence-corrected chi connectivity index (χ1v) is 8.10. The summed E-state index contributed by atoms with van der Waals surface area (Å²) in [4.78, 5) is 12.5. The van der Waals surface area contributed by atoms with Gasteiger partial charge in [-0.3, -0.25) is 4.21 Å². The van der Waals surface area contributed by atoms with Gasteiger partial charge in [0.25, 0.3) is 0 Å². The molecule has 0 aliphatic rings. The van der Waals surface area contributed by atoms with Crippen LogP contribution in [0.2, 0.25) is 0 Å². The Labute approximate surface area is 113 Å². The standard InChI is InChI=1S/C15H16O3S/c1-19(17,14-10-6-3-7-11-14)15(16)18-12-13-8-4-2-5-9-13/h2-11,19H,12H2,1H3. The van der Waals surface area contributed by atoms with Crippen LogP contribution in [0.4, 0.5) is 4.79 Å². The topological polar surface area (TPSA) is 43.4 Å². The zero-order chi connectivity index (χ0) is 13.7. The van der Waals surface area contributed by atoms with Crippen molar-refractivity contribution >= 4 is 15.2 Å². The highest BCUT2D eigenvalue weighted by atomic mass is 32.2. The Kier molecular flexibility index (Phi) is 4.12. The maximum atomic E-state index is 12.5. The molecule has 4 heteroatoms. The average molecular weight is 276 g/mol. The summed E-state index contributed by atoms with van der Waals surface area (Å²) >= 11 is 0. The molecule has 0 bridgehead atoms. The van der Waals surface area contributed by atoms with Gasteiger partial charge in [-0.25, -0.2) is 4.79 Å². The number of rotatable bonds is 3. The van der Waals surface area contributed by atoms with E-state index in [1.165, 1.54) is 6.26 Å². The zero-order valence-corrected chi connectivity index (χ0v) is 11.5. The predicted octanol–water partition coefficient (Wildman–Crippen LogP) is 3.03. The van der Waals surface area contributed by atoms with Crippen molar-refractivity contribution in [2.24, 2.45) is 0 Å². The van der Waals surface area contributed by atoms with Crippen molar-refractivity contribution in [3.8, 4) is 0 Å². The van der Waals surface area contributed by atoms with Crippen molar-refractivity contribution in [2.75, 3.05) is 6.26 Å². The summed E-state index contributed by atoms with van der Waals surface area (Å²) in [6.07, 6.45) is 1.44. The van der Waals surface area contributed by atoms with Crippen molar-refractivity contribution in [3.05, 3.63) is 66.2 Å². The van der Waals surface area contributed by atoms with E-state index in [-0.39, 0.29) is 6.61 Å². The highest BCUT2D eigenvalue weighted by molar-refractivity contribution is 8.15. The lowest BCUT2D eigenvalue weighted by molar-refractivity contribution is 0.166. The molecule has 0 aromatic heterocycles. The quantitative estimate of drug-likeness (QED) is 0.692. The van der Waals surface area contributed by atoms with E-state index in [1.807, 2.05) is 36.4 Å². The first kappa shape index (κ1) is 13.5. The van der Waals surface area contributed by atoms with Crippen LogP contribution < -0.4 is 0 Å². The van der Waals surface area contributed by atoms with Crippen LogP contribution in [0.1, 0.15) is 5.56 Å². The second kappa shape index (κ2) is 5.80.